The van der Waals surface area contributed by atoms with Crippen LogP contribution in [0.25, 0.3) is 0 Å². The van der Waals surface area contributed by atoms with E-state index in [-0.39, 0.29) is 19.0 Å². The van der Waals surface area contributed by atoms with Gasteiger partial charge in [0.15, 0.2) is 0 Å². The van der Waals surface area contributed by atoms with E-state index in [0.717, 1.165) is 21.7 Å². The maximum atomic E-state index is 13.7. The molecule has 1 fully saturated rings. The molecule has 0 saturated carbocycles. The molecular weight excluding hydrogens is 409 g/mol. The third kappa shape index (κ3) is 3.51. The smallest absolute Gasteiger partial charge is 0.416 e. The van der Waals surface area contributed by atoms with E-state index in [0.29, 0.717) is 5.71 Å². The minimum atomic E-state index is -0.830. The van der Waals surface area contributed by atoms with Gasteiger partial charge in [-0.05, 0) is 35.4 Å². The molecule has 7 heteroatoms. The second kappa shape index (κ2) is 8.26. The zero-order chi connectivity index (χ0) is 22.1. The first-order valence-corrected chi connectivity index (χ1v) is 10.4. The molecule has 0 radical (unpaired) electrons. The number of hydrazone groups is 1. The summed E-state index contributed by atoms with van der Waals surface area (Å²) in [5, 5.41) is 6.52. The molecule has 2 aliphatic heterocycles. The number of ether oxygens (including phenoxy) is 1. The molecule has 1 saturated heterocycles. The second-order valence-corrected chi connectivity index (χ2v) is 7.61. The van der Waals surface area contributed by atoms with Crippen LogP contribution in [0.15, 0.2) is 90.0 Å². The number of rotatable bonds is 4. The van der Waals surface area contributed by atoms with E-state index in [2.05, 4.69) is 0 Å². The molecule has 0 N–H and O–H groups in total. The molecule has 0 unspecified atom stereocenters. The van der Waals surface area contributed by atoms with Crippen LogP contribution in [0, 0.1) is 5.82 Å². The molecule has 3 aromatic rings. The van der Waals surface area contributed by atoms with Gasteiger partial charge >= 0.3 is 6.09 Å². The molecule has 3 aromatic carbocycles. The summed E-state index contributed by atoms with van der Waals surface area (Å²) in [6.07, 6.45) is -0.658. The summed E-state index contributed by atoms with van der Waals surface area (Å²) in [6.45, 7) is 0.351. The Morgan fingerprint density at radius 1 is 0.938 bits per heavy atom. The molecule has 2 heterocycles. The van der Waals surface area contributed by atoms with Crippen molar-refractivity contribution in [1.29, 1.82) is 0 Å². The van der Waals surface area contributed by atoms with Crippen molar-refractivity contribution in [2.45, 2.75) is 12.0 Å². The van der Waals surface area contributed by atoms with E-state index in [4.69, 9.17) is 9.84 Å². The molecule has 32 heavy (non-hydrogen) atoms. The number of para-hydroxylation sites is 1. The highest BCUT2D eigenvalue weighted by Gasteiger charge is 2.48. The zero-order valence-electron chi connectivity index (χ0n) is 17.1. The van der Waals surface area contributed by atoms with E-state index >= 15 is 0 Å². The normalized spacial score (nSPS) is 20.3. The number of amides is 2. The highest BCUT2D eigenvalue weighted by atomic mass is 19.1. The lowest BCUT2D eigenvalue weighted by molar-refractivity contribution is -0.129. The van der Waals surface area contributed by atoms with Crippen LogP contribution < -0.4 is 5.01 Å². The van der Waals surface area contributed by atoms with Gasteiger partial charge in [0.05, 0.1) is 23.9 Å². The Kier molecular flexibility index (Phi) is 5.15. The van der Waals surface area contributed by atoms with Gasteiger partial charge in [-0.15, -0.1) is 0 Å². The lowest BCUT2D eigenvalue weighted by Crippen LogP contribution is -2.48. The van der Waals surface area contributed by atoms with E-state index in [9.17, 15) is 14.0 Å². The van der Waals surface area contributed by atoms with Gasteiger partial charge in [0.2, 0.25) is 0 Å². The van der Waals surface area contributed by atoms with Gasteiger partial charge in [-0.25, -0.2) is 14.1 Å². The van der Waals surface area contributed by atoms with Crippen LogP contribution in [0.4, 0.5) is 14.9 Å². The molecule has 2 atom stereocenters. The fourth-order valence-electron chi connectivity index (χ4n) is 4.19. The monoisotopic (exact) mass is 429 g/mol. The Morgan fingerprint density at radius 3 is 2.22 bits per heavy atom. The van der Waals surface area contributed by atoms with E-state index in [1.165, 1.54) is 12.1 Å². The fourth-order valence-corrected chi connectivity index (χ4v) is 4.19. The maximum Gasteiger partial charge on any atom is 0.416 e. The first-order chi connectivity index (χ1) is 15.6. The van der Waals surface area contributed by atoms with Crippen LogP contribution in [0.3, 0.4) is 0 Å². The molecule has 2 aliphatic rings. The highest BCUT2D eigenvalue weighted by molar-refractivity contribution is 6.13. The topological polar surface area (TPSA) is 62.2 Å². The Labute approximate surface area is 184 Å². The zero-order valence-corrected chi connectivity index (χ0v) is 17.1. The van der Waals surface area contributed by atoms with Crippen molar-refractivity contribution in [1.82, 2.24) is 4.90 Å². The van der Waals surface area contributed by atoms with Crippen molar-refractivity contribution < 1.29 is 18.7 Å². The number of hydrogen-bond acceptors (Lipinski definition) is 5. The number of hydrogen-bond donors (Lipinski definition) is 0. The van der Waals surface area contributed by atoms with Gasteiger partial charge in [-0.1, -0.05) is 60.7 Å². The summed E-state index contributed by atoms with van der Waals surface area (Å²) < 4.78 is 18.7. The predicted molar refractivity (Wildman–Crippen MR) is 118 cm³/mol. The number of carbonyl (C=O) groups is 2. The minimum absolute atomic E-state index is 0.163. The van der Waals surface area contributed by atoms with Gasteiger partial charge in [0, 0.05) is 0 Å². The van der Waals surface area contributed by atoms with Crippen molar-refractivity contribution in [3.63, 3.8) is 0 Å². The fraction of sp³-hybridized carbons (Fsp3) is 0.160. The van der Waals surface area contributed by atoms with Crippen molar-refractivity contribution in [3.8, 4) is 0 Å². The van der Waals surface area contributed by atoms with E-state index in [1.807, 2.05) is 60.7 Å². The predicted octanol–water partition coefficient (Wildman–Crippen LogP) is 4.18. The number of nitrogens with zero attached hydrogens (tertiary/aromatic N) is 3. The number of imide groups is 1. The lowest BCUT2D eigenvalue weighted by Gasteiger charge is -2.29. The Bertz CT molecular complexity index is 1170. The summed E-state index contributed by atoms with van der Waals surface area (Å²) in [6, 6.07) is 24.1. The van der Waals surface area contributed by atoms with E-state index in [1.54, 1.807) is 17.1 Å². The number of cyclic esters (lactones) is 1. The van der Waals surface area contributed by atoms with Gasteiger partial charge in [0.1, 0.15) is 18.5 Å². The summed E-state index contributed by atoms with van der Waals surface area (Å²) in [7, 11) is 0. The molecular formula is C25H20FN3O3. The standard InChI is InChI=1S/C25H20FN3O3/c26-19-13-11-17(12-14-19)21-22(18-7-3-1-4-8-18)27-29(20-9-5-2-6-10-20)23(21)24(30)28-15-16-32-25(28)31/h1-14,21,23H,15-16H2/t21-,23-/m1/s1. The van der Waals surface area contributed by atoms with Crippen LogP contribution in [0.1, 0.15) is 17.0 Å². The van der Waals surface area contributed by atoms with Crippen LogP contribution in [0.5, 0.6) is 0 Å². The largest absolute Gasteiger partial charge is 0.447 e. The molecule has 2 amide bonds. The van der Waals surface area contributed by atoms with Gasteiger partial charge in [-0.3, -0.25) is 9.80 Å². The molecule has 6 nitrogen and oxygen atoms in total. The van der Waals surface area contributed by atoms with Crippen molar-refractivity contribution in [2.75, 3.05) is 18.2 Å². The Morgan fingerprint density at radius 2 is 1.59 bits per heavy atom. The molecule has 0 aliphatic carbocycles. The molecule has 160 valence electrons. The average Bonchev–Trinajstić information content (AvgIpc) is 3.44. The van der Waals surface area contributed by atoms with Crippen LogP contribution >= 0.6 is 0 Å². The van der Waals surface area contributed by atoms with Crippen molar-refractivity contribution in [3.05, 3.63) is 102 Å². The van der Waals surface area contributed by atoms with Gasteiger partial charge in [-0.2, -0.15) is 5.10 Å². The van der Waals surface area contributed by atoms with Crippen molar-refractivity contribution >= 4 is 23.4 Å². The van der Waals surface area contributed by atoms with Crippen LogP contribution in [0.2, 0.25) is 0 Å². The average molecular weight is 429 g/mol. The summed E-state index contributed by atoms with van der Waals surface area (Å²) in [4.78, 5) is 27.1. The third-order valence-corrected chi connectivity index (χ3v) is 5.69. The van der Waals surface area contributed by atoms with Crippen molar-refractivity contribution in [2.24, 2.45) is 5.10 Å². The minimum Gasteiger partial charge on any atom is -0.447 e. The Balaban J connectivity index is 1.67. The first-order valence-electron chi connectivity index (χ1n) is 10.4. The number of carbonyl (C=O) groups excluding carboxylic acids is 2. The summed E-state index contributed by atoms with van der Waals surface area (Å²) >= 11 is 0. The molecule has 0 spiro atoms. The summed E-state index contributed by atoms with van der Waals surface area (Å²) in [5.41, 5.74) is 2.98. The van der Waals surface area contributed by atoms with E-state index < -0.39 is 24.0 Å². The van der Waals surface area contributed by atoms with Gasteiger partial charge in [0.25, 0.3) is 5.91 Å². The Hall–Kier alpha value is -4.00. The number of anilines is 1. The second-order valence-electron chi connectivity index (χ2n) is 7.61. The summed E-state index contributed by atoms with van der Waals surface area (Å²) in [5.74, 6) is -1.28. The molecule has 0 aromatic heterocycles. The van der Waals surface area contributed by atoms with Crippen LogP contribution in [-0.4, -0.2) is 41.8 Å². The first kappa shape index (κ1) is 19.9. The highest BCUT2D eigenvalue weighted by Crippen LogP contribution is 2.38. The number of halogens is 1. The lowest BCUT2D eigenvalue weighted by atomic mass is 9.84. The van der Waals surface area contributed by atoms with Crippen LogP contribution in [-0.2, 0) is 9.53 Å². The SMILES string of the molecule is O=C1OCCN1C(=O)[C@H]1[C@H](c2ccc(F)cc2)C(c2ccccc2)=NN1c1ccccc1. The molecule has 5 rings (SSSR count). The third-order valence-electron chi connectivity index (χ3n) is 5.69. The molecule has 0 bridgehead atoms. The quantitative estimate of drug-likeness (QED) is 0.624. The van der Waals surface area contributed by atoms with Gasteiger partial charge < -0.3 is 4.74 Å². The number of benzene rings is 3. The maximum absolute atomic E-state index is 13.7.